The van der Waals surface area contributed by atoms with Gasteiger partial charge in [0.15, 0.2) is 0 Å². The minimum Gasteiger partial charge on any atom is -0.466 e. The molecule has 2 atom stereocenters. The second-order valence-corrected chi connectivity index (χ2v) is 3.93. The lowest BCUT2D eigenvalue weighted by molar-refractivity contribution is -0.144. The number of pyridine rings is 1. The topological polar surface area (TPSA) is 39.2 Å². The monoisotopic (exact) mass is 223 g/mol. The number of alkyl halides is 1. The van der Waals surface area contributed by atoms with E-state index in [4.69, 9.17) is 4.74 Å². The Labute approximate surface area is 93.6 Å². The van der Waals surface area contributed by atoms with Crippen LogP contribution in [0.5, 0.6) is 0 Å². The third-order valence-corrected chi connectivity index (χ3v) is 2.76. The molecule has 1 aromatic rings. The van der Waals surface area contributed by atoms with Crippen LogP contribution in [-0.2, 0) is 16.2 Å². The Hall–Kier alpha value is -1.45. The maximum Gasteiger partial charge on any atom is 0.309 e. The van der Waals surface area contributed by atoms with Gasteiger partial charge >= 0.3 is 5.97 Å². The molecule has 0 spiro atoms. The van der Waals surface area contributed by atoms with E-state index in [1.54, 1.807) is 19.1 Å². The van der Waals surface area contributed by atoms with Gasteiger partial charge in [-0.1, -0.05) is 6.07 Å². The zero-order valence-corrected chi connectivity index (χ0v) is 9.15. The van der Waals surface area contributed by atoms with Gasteiger partial charge in [0, 0.05) is 23.4 Å². The number of nitrogens with zero attached hydrogens (tertiary/aromatic N) is 1. The molecule has 16 heavy (non-hydrogen) atoms. The molecular formula is C12H14FNO2. The van der Waals surface area contributed by atoms with Crippen molar-refractivity contribution >= 4 is 5.97 Å². The van der Waals surface area contributed by atoms with Crippen molar-refractivity contribution in [1.29, 1.82) is 0 Å². The highest BCUT2D eigenvalue weighted by atomic mass is 19.1. The lowest BCUT2D eigenvalue weighted by Gasteiger charge is -2.01. The second-order valence-electron chi connectivity index (χ2n) is 3.93. The van der Waals surface area contributed by atoms with Crippen molar-refractivity contribution in [2.75, 3.05) is 6.61 Å². The summed E-state index contributed by atoms with van der Waals surface area (Å²) in [4.78, 5) is 15.6. The van der Waals surface area contributed by atoms with Gasteiger partial charge in [-0.3, -0.25) is 9.78 Å². The van der Waals surface area contributed by atoms with Crippen LogP contribution in [-0.4, -0.2) is 17.6 Å². The number of aromatic nitrogens is 1. The molecule has 0 saturated heterocycles. The zero-order chi connectivity index (χ0) is 11.5. The first-order valence-corrected chi connectivity index (χ1v) is 5.43. The van der Waals surface area contributed by atoms with Gasteiger partial charge in [-0.15, -0.1) is 0 Å². The number of hydrogen-bond donors (Lipinski definition) is 0. The number of hydrogen-bond acceptors (Lipinski definition) is 3. The van der Waals surface area contributed by atoms with Crippen LogP contribution in [0.25, 0.3) is 0 Å². The first-order valence-electron chi connectivity index (χ1n) is 5.43. The molecular weight excluding hydrogens is 209 g/mol. The van der Waals surface area contributed by atoms with Gasteiger partial charge in [-0.05, 0) is 19.4 Å². The molecule has 4 heteroatoms. The summed E-state index contributed by atoms with van der Waals surface area (Å²) >= 11 is 0. The Kier molecular flexibility index (Phi) is 3.17. The van der Waals surface area contributed by atoms with Gasteiger partial charge in [-0.25, -0.2) is 4.39 Å². The first kappa shape index (κ1) is 11.0. The van der Waals surface area contributed by atoms with E-state index in [0.717, 1.165) is 12.1 Å². The molecule has 1 fully saturated rings. The first-order chi connectivity index (χ1) is 7.76. The fourth-order valence-electron chi connectivity index (χ4n) is 1.77. The van der Waals surface area contributed by atoms with Crippen LogP contribution in [0.1, 0.15) is 30.5 Å². The van der Waals surface area contributed by atoms with Crippen LogP contribution < -0.4 is 0 Å². The van der Waals surface area contributed by atoms with E-state index in [1.165, 1.54) is 6.20 Å². The van der Waals surface area contributed by atoms with Crippen molar-refractivity contribution in [3.63, 3.8) is 0 Å². The molecule has 1 aliphatic rings. The number of halogens is 1. The molecule has 1 aliphatic carbocycles. The highest BCUT2D eigenvalue weighted by Gasteiger charge is 2.45. The Morgan fingerprint density at radius 1 is 1.62 bits per heavy atom. The van der Waals surface area contributed by atoms with Crippen molar-refractivity contribution in [2.45, 2.75) is 25.9 Å². The average Bonchev–Trinajstić information content (AvgIpc) is 3.09. The van der Waals surface area contributed by atoms with Gasteiger partial charge in [0.2, 0.25) is 0 Å². The van der Waals surface area contributed by atoms with Gasteiger partial charge < -0.3 is 4.74 Å². The number of carbonyl (C=O) groups excluding carboxylic acids is 1. The van der Waals surface area contributed by atoms with E-state index in [9.17, 15) is 9.18 Å². The third-order valence-electron chi connectivity index (χ3n) is 2.76. The Morgan fingerprint density at radius 2 is 2.44 bits per heavy atom. The van der Waals surface area contributed by atoms with Crippen LogP contribution >= 0.6 is 0 Å². The van der Waals surface area contributed by atoms with Crippen molar-refractivity contribution < 1.29 is 13.9 Å². The fraction of sp³-hybridized carbons (Fsp3) is 0.500. The molecule has 0 N–H and O–H groups in total. The Balaban J connectivity index is 1.97. The molecule has 0 bridgehead atoms. The standard InChI is InChI=1S/C12H14FNO2/c1-2-16-12(15)10-5-9(10)11-4-3-8(6-13)7-14-11/h3-4,7,9-10H,2,5-6H2,1H3/t9?,10-/m0/s1. The summed E-state index contributed by atoms with van der Waals surface area (Å²) < 4.78 is 17.2. The Morgan fingerprint density at radius 3 is 3.00 bits per heavy atom. The van der Waals surface area contributed by atoms with Crippen molar-refractivity contribution in [3.05, 3.63) is 29.6 Å². The highest BCUT2D eigenvalue weighted by Crippen LogP contribution is 2.47. The molecule has 0 aromatic carbocycles. The summed E-state index contributed by atoms with van der Waals surface area (Å²) in [5, 5.41) is 0. The SMILES string of the molecule is CCOC(=O)[C@H]1CC1c1ccc(CF)cn1. The lowest BCUT2D eigenvalue weighted by Crippen LogP contribution is -2.07. The maximum absolute atomic E-state index is 12.3. The van der Waals surface area contributed by atoms with Gasteiger partial charge in [0.05, 0.1) is 12.5 Å². The van der Waals surface area contributed by atoms with Crippen LogP contribution in [0.3, 0.4) is 0 Å². The van der Waals surface area contributed by atoms with Crippen LogP contribution in [0, 0.1) is 5.92 Å². The summed E-state index contributed by atoms with van der Waals surface area (Å²) in [6, 6.07) is 3.50. The van der Waals surface area contributed by atoms with Gasteiger partial charge in [0.25, 0.3) is 0 Å². The van der Waals surface area contributed by atoms with Crippen LogP contribution in [0.15, 0.2) is 18.3 Å². The molecule has 0 amide bonds. The minimum atomic E-state index is -0.501. The van der Waals surface area contributed by atoms with Crippen LogP contribution in [0.2, 0.25) is 0 Å². The van der Waals surface area contributed by atoms with E-state index in [1.807, 2.05) is 0 Å². The summed E-state index contributed by atoms with van der Waals surface area (Å²) in [6.07, 6.45) is 2.32. The molecule has 1 heterocycles. The third kappa shape index (κ3) is 2.21. The zero-order valence-electron chi connectivity index (χ0n) is 9.15. The summed E-state index contributed by atoms with van der Waals surface area (Å²) in [5.41, 5.74) is 1.42. The molecule has 2 rings (SSSR count). The number of rotatable bonds is 4. The van der Waals surface area contributed by atoms with Crippen LogP contribution in [0.4, 0.5) is 4.39 Å². The maximum atomic E-state index is 12.3. The van der Waals surface area contributed by atoms with Crippen molar-refractivity contribution in [2.24, 2.45) is 5.92 Å². The number of esters is 1. The number of carbonyl (C=O) groups is 1. The quantitative estimate of drug-likeness (QED) is 0.735. The van der Waals surface area contributed by atoms with E-state index in [0.29, 0.717) is 12.2 Å². The molecule has 3 nitrogen and oxygen atoms in total. The normalized spacial score (nSPS) is 22.9. The van der Waals surface area contributed by atoms with Crippen molar-refractivity contribution in [3.8, 4) is 0 Å². The smallest absolute Gasteiger partial charge is 0.309 e. The molecule has 86 valence electrons. The Bertz CT molecular complexity index is 377. The molecule has 1 aromatic heterocycles. The molecule has 0 radical (unpaired) electrons. The molecule has 0 aliphatic heterocycles. The summed E-state index contributed by atoms with van der Waals surface area (Å²) in [6.45, 7) is 1.71. The van der Waals surface area contributed by atoms with E-state index < -0.39 is 6.67 Å². The summed E-state index contributed by atoms with van der Waals surface area (Å²) in [7, 11) is 0. The lowest BCUT2D eigenvalue weighted by atomic mass is 10.2. The van der Waals surface area contributed by atoms with Crippen molar-refractivity contribution in [1.82, 2.24) is 4.98 Å². The number of ether oxygens (including phenoxy) is 1. The average molecular weight is 223 g/mol. The minimum absolute atomic E-state index is 0.0522. The van der Waals surface area contributed by atoms with Gasteiger partial charge in [0.1, 0.15) is 6.67 Å². The molecule has 1 saturated carbocycles. The predicted molar refractivity (Wildman–Crippen MR) is 56.5 cm³/mol. The van der Waals surface area contributed by atoms with E-state index >= 15 is 0 Å². The van der Waals surface area contributed by atoms with E-state index in [-0.39, 0.29) is 17.8 Å². The van der Waals surface area contributed by atoms with E-state index in [2.05, 4.69) is 4.98 Å². The second kappa shape index (κ2) is 4.60. The fourth-order valence-corrected chi connectivity index (χ4v) is 1.77. The summed E-state index contributed by atoms with van der Waals surface area (Å²) in [5.74, 6) is -0.0414. The molecule has 1 unspecified atom stereocenters. The predicted octanol–water partition coefficient (Wildman–Crippen LogP) is 2.22. The van der Waals surface area contributed by atoms with Gasteiger partial charge in [-0.2, -0.15) is 0 Å². The highest BCUT2D eigenvalue weighted by molar-refractivity contribution is 5.77. The largest absolute Gasteiger partial charge is 0.466 e.